The van der Waals surface area contributed by atoms with Crippen molar-refractivity contribution in [2.75, 3.05) is 0 Å². The average molecular weight is 875 g/mol. The molecule has 0 amide bonds. The van der Waals surface area contributed by atoms with Gasteiger partial charge in [0.15, 0.2) is 5.78 Å². The Balaban J connectivity index is 0.000000334. The summed E-state index contributed by atoms with van der Waals surface area (Å²) in [4.78, 5) is 16.5. The number of hydrogen-bond acceptors (Lipinski definition) is 3. The molecular formula is C42H52IrNO2Se-. The van der Waals surface area contributed by atoms with Gasteiger partial charge in [0.2, 0.25) is 0 Å². The number of carbonyl (C=O) groups is 1. The molecule has 0 atom stereocenters. The smallest absolute Gasteiger partial charge is 0 e. The number of allylic oxidation sites excluding steroid dienone is 2. The van der Waals surface area contributed by atoms with Gasteiger partial charge in [0, 0.05) is 38.0 Å². The van der Waals surface area contributed by atoms with Gasteiger partial charge >= 0.3 is 193 Å². The van der Waals surface area contributed by atoms with E-state index in [1.807, 2.05) is 27.7 Å². The van der Waals surface area contributed by atoms with Gasteiger partial charge < -0.3 is 5.11 Å². The van der Waals surface area contributed by atoms with E-state index in [4.69, 9.17) is 6.35 Å². The maximum Gasteiger partial charge on any atom is 0 e. The van der Waals surface area contributed by atoms with Crippen LogP contribution in [0.15, 0.2) is 72.6 Å². The normalized spacial score (nSPS) is 12.5. The van der Waals surface area contributed by atoms with E-state index in [9.17, 15) is 9.90 Å². The molecule has 47 heavy (non-hydrogen) atoms. The number of benzene rings is 3. The molecule has 5 aromatic rings. The topological polar surface area (TPSA) is 50.2 Å². The Morgan fingerprint density at radius 1 is 0.936 bits per heavy atom. The molecule has 1 N–H and O–H groups in total. The zero-order chi connectivity index (χ0) is 34.5. The zero-order valence-electron chi connectivity index (χ0n) is 30.6. The number of nitrogens with zero attached hydrogens (tertiary/aromatic N) is 1. The van der Waals surface area contributed by atoms with Gasteiger partial charge in [-0.3, -0.25) is 4.79 Å². The quantitative estimate of drug-likeness (QED) is 0.0658. The van der Waals surface area contributed by atoms with Crippen molar-refractivity contribution in [2.24, 2.45) is 17.8 Å². The molecule has 2 aromatic heterocycles. The second kappa shape index (κ2) is 17.2. The molecule has 5 rings (SSSR count). The first-order chi connectivity index (χ1) is 22.3. The monoisotopic (exact) mass is 876 g/mol. The maximum absolute atomic E-state index is 11.7. The molecule has 1 radical (unpaired) electrons. The molecule has 0 aliphatic heterocycles. The summed E-state index contributed by atoms with van der Waals surface area (Å²) in [6.07, 6.45) is 7.71. The van der Waals surface area contributed by atoms with Crippen molar-refractivity contribution in [1.82, 2.24) is 4.98 Å². The number of ketones is 1. The number of aliphatic hydroxyl groups is 1. The van der Waals surface area contributed by atoms with Crippen LogP contribution in [0.25, 0.3) is 41.3 Å². The first-order valence-electron chi connectivity index (χ1n) is 17.5. The van der Waals surface area contributed by atoms with Crippen molar-refractivity contribution in [3.05, 3.63) is 89.8 Å². The van der Waals surface area contributed by atoms with E-state index in [1.165, 1.54) is 36.5 Å². The standard InChI is InChI=1S/C29H28NSe.C13H24O2.Ir/c1-18(2)15-20-10-8-12-23-24-13-14-30-26(28(24)31-27(20)23)21-16-19-9-6-7-11-22(19)25(17-21)29(3,4)5;1-5-10(6-2)12(14)9-13(15)11(7-3)8-4;/h6-14,17-18H,15H2,1-5H3;9-11,14H,5-8H2,1-4H3;/q-1;;/b;12-9-;/i13D;;. The van der Waals surface area contributed by atoms with E-state index >= 15 is 0 Å². The Hall–Kier alpha value is -2.55. The van der Waals surface area contributed by atoms with Crippen molar-refractivity contribution >= 4 is 50.4 Å². The van der Waals surface area contributed by atoms with E-state index in [1.54, 1.807) is 6.20 Å². The summed E-state index contributed by atoms with van der Waals surface area (Å²) in [6.45, 7) is 19.4. The third-order valence-corrected chi connectivity index (χ3v) is 11.7. The van der Waals surface area contributed by atoms with Crippen molar-refractivity contribution in [3.8, 4) is 11.3 Å². The van der Waals surface area contributed by atoms with Gasteiger partial charge in [-0.25, -0.2) is 0 Å². The van der Waals surface area contributed by atoms with Crippen LogP contribution in [-0.2, 0) is 36.7 Å². The molecule has 253 valence electrons. The fourth-order valence-electron chi connectivity index (χ4n) is 6.26. The second-order valence-corrected chi connectivity index (χ2v) is 16.0. The number of hydrogen-bond donors (Lipinski definition) is 1. The van der Waals surface area contributed by atoms with Gasteiger partial charge in [-0.05, 0) is 25.7 Å². The largest absolute Gasteiger partial charge is 0 e. The summed E-state index contributed by atoms with van der Waals surface area (Å²) in [6, 6.07) is 21.6. The molecular weight excluding hydrogens is 822 g/mol. The van der Waals surface area contributed by atoms with Crippen LogP contribution in [0.3, 0.4) is 0 Å². The summed E-state index contributed by atoms with van der Waals surface area (Å²) in [5, 5.41) is 14.5. The Kier molecular flexibility index (Phi) is 13.6. The van der Waals surface area contributed by atoms with Gasteiger partial charge in [0.05, 0.1) is 5.76 Å². The van der Waals surface area contributed by atoms with E-state index in [0.717, 1.165) is 54.1 Å². The zero-order valence-corrected chi connectivity index (χ0v) is 33.7. The minimum atomic E-state index is 0. The van der Waals surface area contributed by atoms with Gasteiger partial charge in [-0.1, -0.05) is 27.7 Å². The predicted molar refractivity (Wildman–Crippen MR) is 199 cm³/mol. The van der Waals surface area contributed by atoms with Crippen molar-refractivity contribution < 1.29 is 31.4 Å². The minimum absolute atomic E-state index is 0. The third-order valence-electron chi connectivity index (χ3n) is 8.96. The van der Waals surface area contributed by atoms with Gasteiger partial charge in [0.25, 0.3) is 0 Å². The molecule has 0 saturated carbocycles. The predicted octanol–water partition coefficient (Wildman–Crippen LogP) is 11.4. The molecule has 0 aliphatic rings. The number of carbonyl (C=O) groups excluding carboxylic acids is 1. The van der Waals surface area contributed by atoms with Crippen LogP contribution in [0.1, 0.15) is 100 Å². The molecule has 0 spiro atoms. The second-order valence-electron chi connectivity index (χ2n) is 13.8. The van der Waals surface area contributed by atoms with E-state index < -0.39 is 0 Å². The van der Waals surface area contributed by atoms with Crippen LogP contribution in [0.5, 0.6) is 0 Å². The summed E-state index contributed by atoms with van der Waals surface area (Å²) in [5.74, 6) is 1.16. The molecule has 0 bridgehead atoms. The van der Waals surface area contributed by atoms with Crippen LogP contribution in [0.4, 0.5) is 0 Å². The Labute approximate surface area is 303 Å². The Morgan fingerprint density at radius 2 is 1.57 bits per heavy atom. The number of aromatic nitrogens is 1. The van der Waals surface area contributed by atoms with Gasteiger partial charge in [-0.2, -0.15) is 0 Å². The molecule has 0 fully saturated rings. The fourth-order valence-corrected chi connectivity index (χ4v) is 8.98. The van der Waals surface area contributed by atoms with Gasteiger partial charge in [0.1, 0.15) is 0 Å². The summed E-state index contributed by atoms with van der Waals surface area (Å²) in [7, 11) is 0. The maximum atomic E-state index is 11.7. The Morgan fingerprint density at radius 3 is 2.19 bits per heavy atom. The van der Waals surface area contributed by atoms with Crippen LogP contribution in [0.2, 0.25) is 0 Å². The number of rotatable bonds is 10. The number of aliphatic hydroxyl groups excluding tert-OH is 1. The summed E-state index contributed by atoms with van der Waals surface area (Å²) in [5.41, 5.74) is 4.80. The van der Waals surface area contributed by atoms with E-state index in [0.29, 0.717) is 12.0 Å². The summed E-state index contributed by atoms with van der Waals surface area (Å²) >= 11 is 0.136. The molecule has 2 heterocycles. The number of fused-ring (bicyclic) bond motifs is 4. The minimum Gasteiger partial charge on any atom is 0 e. The Bertz CT molecular complexity index is 1880. The van der Waals surface area contributed by atoms with Crippen LogP contribution in [0, 0.1) is 23.8 Å². The molecule has 0 unspecified atom stereocenters. The van der Waals surface area contributed by atoms with Crippen molar-refractivity contribution in [2.45, 2.75) is 99.8 Å². The van der Waals surface area contributed by atoms with Crippen molar-refractivity contribution in [1.29, 1.82) is 0 Å². The average Bonchev–Trinajstić information content (AvgIpc) is 3.43. The molecule has 3 nitrogen and oxygen atoms in total. The van der Waals surface area contributed by atoms with Crippen LogP contribution in [-0.4, -0.2) is 30.4 Å². The molecule has 5 heteroatoms. The molecule has 0 aliphatic carbocycles. The third kappa shape index (κ3) is 9.12. The van der Waals surface area contributed by atoms with E-state index in [2.05, 4.69) is 89.2 Å². The van der Waals surface area contributed by atoms with E-state index in [-0.39, 0.29) is 63.4 Å². The first kappa shape index (κ1) is 37.3. The van der Waals surface area contributed by atoms with Gasteiger partial charge in [-0.15, -0.1) is 0 Å². The van der Waals surface area contributed by atoms with Crippen LogP contribution >= 0.6 is 0 Å². The number of pyridine rings is 1. The summed E-state index contributed by atoms with van der Waals surface area (Å²) < 4.78 is 11.3. The molecule has 0 saturated heterocycles. The fraction of sp³-hybridized carbons (Fsp3) is 0.429. The first-order valence-corrected chi connectivity index (χ1v) is 18.8. The molecule has 3 aromatic carbocycles. The SMILES string of the molecule is CCC(CC)C(=O)/C=C(\O)C(CC)CC.[2H]c1cnc(-c2[c-]c3ccccc3c(C(C)(C)C)c2)c2[se]c3c(CC(C)C)cccc3c12.[Ir]. The van der Waals surface area contributed by atoms with Crippen LogP contribution < -0.4 is 0 Å². The van der Waals surface area contributed by atoms with Crippen molar-refractivity contribution in [3.63, 3.8) is 0 Å².